The van der Waals surface area contributed by atoms with E-state index in [-0.39, 0.29) is 30.4 Å². The molecule has 0 spiro atoms. The number of piperazine rings is 1. The molecule has 0 bridgehead atoms. The Labute approximate surface area is 310 Å². The highest BCUT2D eigenvalue weighted by Crippen LogP contribution is 2.34. The fourth-order valence-electron chi connectivity index (χ4n) is 7.37. The summed E-state index contributed by atoms with van der Waals surface area (Å²) in [5.41, 5.74) is 2.90. The molecule has 3 heterocycles. The summed E-state index contributed by atoms with van der Waals surface area (Å²) < 4.78 is 11.9. The Morgan fingerprint density at radius 1 is 0.887 bits per heavy atom. The van der Waals surface area contributed by atoms with Crippen LogP contribution in [-0.4, -0.2) is 138 Å². The zero-order valence-corrected chi connectivity index (χ0v) is 30.8. The minimum atomic E-state index is -0.487. The van der Waals surface area contributed by atoms with Crippen molar-refractivity contribution in [1.82, 2.24) is 45.1 Å². The maximum absolute atomic E-state index is 13.9. The number of nitrogens with one attached hydrogen (secondary N) is 1. The van der Waals surface area contributed by atoms with Gasteiger partial charge in [0.1, 0.15) is 12.1 Å². The molecule has 1 N–H and O–H groups in total. The number of likely N-dealkylation sites (N-methyl/N-ethyl adjacent to an activating group) is 1. The first-order valence-corrected chi connectivity index (χ1v) is 18.1. The van der Waals surface area contributed by atoms with Crippen LogP contribution in [0, 0.1) is 0 Å². The average molecular weight is 724 g/mol. The standard InChI is InChI=1S/C39H49N9O5/c1-44(37(50)34-26-33(14-15-35(34)52-2)48-29-40-42-43-48)27-31(30-10-6-4-7-11-30)16-19-45-20-17-39(18-21-45,32-12-8-5-9-13-32)41-38(51)47-24-22-46(23-25-47)28-36(49)53-3/h4-15,26,29,31H,16-25,27-28H2,1-3H3,(H,41,51)/t31-/m1/s1. The van der Waals surface area contributed by atoms with Crippen LogP contribution >= 0.6 is 0 Å². The molecule has 2 aliphatic heterocycles. The van der Waals surface area contributed by atoms with E-state index in [1.807, 2.05) is 59.3 Å². The molecule has 0 saturated carbocycles. The van der Waals surface area contributed by atoms with Gasteiger partial charge in [-0.1, -0.05) is 60.7 Å². The monoisotopic (exact) mass is 723 g/mol. The van der Waals surface area contributed by atoms with Crippen molar-refractivity contribution < 1.29 is 23.9 Å². The maximum atomic E-state index is 13.9. The van der Waals surface area contributed by atoms with Gasteiger partial charge in [0.15, 0.2) is 0 Å². The molecule has 0 unspecified atom stereocenters. The summed E-state index contributed by atoms with van der Waals surface area (Å²) >= 11 is 0. The summed E-state index contributed by atoms with van der Waals surface area (Å²) in [5.74, 6) is 0.164. The van der Waals surface area contributed by atoms with E-state index >= 15 is 0 Å². The number of aromatic nitrogens is 4. The molecule has 2 fully saturated rings. The molecule has 3 amide bonds. The lowest BCUT2D eigenvalue weighted by atomic mass is 9.80. The SMILES string of the molecule is COC(=O)CN1CCN(C(=O)NC2(c3ccccc3)CCN(CC[C@H](CN(C)C(=O)c3cc(-n4cnnn4)ccc3OC)c3ccccc3)CC2)CC1. The van der Waals surface area contributed by atoms with Gasteiger partial charge in [-0.2, -0.15) is 0 Å². The maximum Gasteiger partial charge on any atom is 0.319 e. The molecule has 3 aromatic carbocycles. The first kappa shape index (κ1) is 37.4. The van der Waals surface area contributed by atoms with Gasteiger partial charge in [0.25, 0.3) is 5.91 Å². The molecule has 1 aromatic heterocycles. The number of methoxy groups -OCH3 is 2. The fourth-order valence-corrected chi connectivity index (χ4v) is 7.37. The van der Waals surface area contributed by atoms with Crippen LogP contribution in [0.15, 0.2) is 85.2 Å². The van der Waals surface area contributed by atoms with Crippen LogP contribution in [0.3, 0.4) is 0 Å². The van der Waals surface area contributed by atoms with Crippen molar-refractivity contribution in [3.8, 4) is 11.4 Å². The Morgan fingerprint density at radius 2 is 1.58 bits per heavy atom. The van der Waals surface area contributed by atoms with E-state index in [9.17, 15) is 14.4 Å². The molecule has 14 nitrogen and oxygen atoms in total. The quantitative estimate of drug-likeness (QED) is 0.204. The molecule has 0 aliphatic carbocycles. The number of urea groups is 1. The lowest BCUT2D eigenvalue weighted by Crippen LogP contribution is -2.59. The summed E-state index contributed by atoms with van der Waals surface area (Å²) in [4.78, 5) is 47.5. The van der Waals surface area contributed by atoms with Gasteiger partial charge in [-0.25, -0.2) is 9.48 Å². The number of amides is 3. The first-order valence-electron chi connectivity index (χ1n) is 18.1. The number of hydrogen-bond acceptors (Lipinski definition) is 10. The minimum absolute atomic E-state index is 0.0722. The number of carbonyl (C=O) groups excluding carboxylic acids is 3. The van der Waals surface area contributed by atoms with Gasteiger partial charge in [-0.15, -0.1) is 5.10 Å². The van der Waals surface area contributed by atoms with E-state index in [0.717, 1.165) is 44.5 Å². The molecule has 2 saturated heterocycles. The molecule has 4 aromatic rings. The fraction of sp³-hybridized carbons (Fsp3) is 0.436. The van der Waals surface area contributed by atoms with Crippen LogP contribution in [0.4, 0.5) is 4.79 Å². The van der Waals surface area contributed by atoms with E-state index < -0.39 is 5.54 Å². The second-order valence-electron chi connectivity index (χ2n) is 13.8. The van der Waals surface area contributed by atoms with Gasteiger partial charge in [0.2, 0.25) is 0 Å². The lowest BCUT2D eigenvalue weighted by Gasteiger charge is -2.44. The highest BCUT2D eigenvalue weighted by atomic mass is 16.5. The predicted molar refractivity (Wildman–Crippen MR) is 199 cm³/mol. The summed E-state index contributed by atoms with van der Waals surface area (Å²) in [7, 11) is 4.78. The highest BCUT2D eigenvalue weighted by molar-refractivity contribution is 5.97. The van der Waals surface area contributed by atoms with Crippen molar-refractivity contribution in [2.24, 2.45) is 0 Å². The molecule has 14 heteroatoms. The van der Waals surface area contributed by atoms with E-state index in [1.54, 1.807) is 24.1 Å². The molecule has 6 rings (SSSR count). The van der Waals surface area contributed by atoms with Crippen LogP contribution in [0.2, 0.25) is 0 Å². The van der Waals surface area contributed by atoms with E-state index in [2.05, 4.69) is 50.0 Å². The Hall–Kier alpha value is -5.34. The number of hydrogen-bond donors (Lipinski definition) is 1. The van der Waals surface area contributed by atoms with Crippen molar-refractivity contribution >= 4 is 17.9 Å². The number of carbonyl (C=O) groups is 3. The highest BCUT2D eigenvalue weighted by Gasteiger charge is 2.39. The van der Waals surface area contributed by atoms with Crippen LogP contribution in [0.25, 0.3) is 5.69 Å². The van der Waals surface area contributed by atoms with Gasteiger partial charge in [-0.05, 0) is 65.6 Å². The number of nitrogens with zero attached hydrogens (tertiary/aromatic N) is 8. The summed E-state index contributed by atoms with van der Waals surface area (Å²) in [6.07, 6.45) is 3.89. The van der Waals surface area contributed by atoms with Gasteiger partial charge >= 0.3 is 12.0 Å². The Morgan fingerprint density at radius 3 is 2.23 bits per heavy atom. The third-order valence-corrected chi connectivity index (χ3v) is 10.6. The van der Waals surface area contributed by atoms with Crippen LogP contribution in [0.1, 0.15) is 46.7 Å². The average Bonchev–Trinajstić information content (AvgIpc) is 3.76. The summed E-state index contributed by atoms with van der Waals surface area (Å²) in [6.45, 7) is 5.59. The van der Waals surface area contributed by atoms with Gasteiger partial charge < -0.3 is 29.5 Å². The van der Waals surface area contributed by atoms with Gasteiger partial charge in [0.05, 0.1) is 37.6 Å². The number of rotatable bonds is 13. The largest absolute Gasteiger partial charge is 0.496 e. The molecule has 1 atom stereocenters. The normalized spacial score (nSPS) is 16.8. The van der Waals surface area contributed by atoms with Crippen molar-refractivity contribution in [2.45, 2.75) is 30.7 Å². The van der Waals surface area contributed by atoms with Crippen molar-refractivity contribution in [3.05, 3.63) is 102 Å². The van der Waals surface area contributed by atoms with Gasteiger partial charge in [0, 0.05) is 58.8 Å². The zero-order chi connectivity index (χ0) is 37.2. The summed E-state index contributed by atoms with van der Waals surface area (Å²) in [6, 6.07) is 25.9. The second-order valence-corrected chi connectivity index (χ2v) is 13.8. The number of piperidine rings is 1. The number of tetrazole rings is 1. The Bertz CT molecular complexity index is 1790. The minimum Gasteiger partial charge on any atom is -0.496 e. The third-order valence-electron chi connectivity index (χ3n) is 10.6. The molecular formula is C39H49N9O5. The molecule has 53 heavy (non-hydrogen) atoms. The molecular weight excluding hydrogens is 674 g/mol. The van der Waals surface area contributed by atoms with Crippen LogP contribution < -0.4 is 10.1 Å². The number of esters is 1. The third kappa shape index (κ3) is 9.18. The van der Waals surface area contributed by atoms with Crippen molar-refractivity contribution in [1.29, 1.82) is 0 Å². The number of benzene rings is 3. The van der Waals surface area contributed by atoms with Crippen LogP contribution in [-0.2, 0) is 15.1 Å². The molecule has 280 valence electrons. The smallest absolute Gasteiger partial charge is 0.319 e. The van der Waals surface area contributed by atoms with E-state index in [0.29, 0.717) is 49.7 Å². The second kappa shape index (κ2) is 17.5. The predicted octanol–water partition coefficient (Wildman–Crippen LogP) is 3.41. The van der Waals surface area contributed by atoms with Crippen molar-refractivity contribution in [2.75, 3.05) is 80.2 Å². The molecule has 0 radical (unpaired) electrons. The number of ether oxygens (including phenoxy) is 2. The Balaban J connectivity index is 1.10. The zero-order valence-electron chi connectivity index (χ0n) is 30.8. The van der Waals surface area contributed by atoms with E-state index in [1.165, 1.54) is 23.7 Å². The summed E-state index contributed by atoms with van der Waals surface area (Å²) in [5, 5.41) is 14.9. The lowest BCUT2D eigenvalue weighted by molar-refractivity contribution is -0.142. The van der Waals surface area contributed by atoms with Gasteiger partial charge in [-0.3, -0.25) is 14.5 Å². The van der Waals surface area contributed by atoms with Crippen LogP contribution in [0.5, 0.6) is 5.75 Å². The topological polar surface area (TPSA) is 138 Å². The number of likely N-dealkylation sites (tertiary alicyclic amines) is 1. The molecule has 2 aliphatic rings. The van der Waals surface area contributed by atoms with Crippen molar-refractivity contribution in [3.63, 3.8) is 0 Å². The van der Waals surface area contributed by atoms with E-state index in [4.69, 9.17) is 9.47 Å². The first-order chi connectivity index (χ1) is 25.8. The Kier molecular flexibility index (Phi) is 12.3.